The number of aryl methyl sites for hydroxylation is 1. The fraction of sp³-hybridized carbons (Fsp3) is 0.667. The van der Waals surface area contributed by atoms with Crippen LogP contribution in [-0.2, 0) is 19.1 Å². The van der Waals surface area contributed by atoms with E-state index in [0.717, 1.165) is 22.7 Å². The topological polar surface area (TPSA) is 85.7 Å². The first-order valence-electron chi connectivity index (χ1n) is 12.2. The standard InChI is InChI=1S/C27H39NO5S/c1-16-9-8-11-27(7)14-21(33-27)24(17(2)13-20-15-34-19(4)28-20)32-22(29)10-12-26(5,6)25(31)18(3)23(16)30/h8-9,13,15-16,18,21,23-24,30H,10-12,14H2,1-7H3/b9-8+,17-13+/t16?,18?,21?,23?,24-,27-/m1/s1. The molecule has 2 bridgehead atoms. The fourth-order valence-electron chi connectivity index (χ4n) is 4.92. The molecule has 1 fully saturated rings. The Hall–Kier alpha value is -1.83. The highest BCUT2D eigenvalue weighted by Crippen LogP contribution is 2.41. The number of hydrogen-bond donors (Lipinski definition) is 1. The van der Waals surface area contributed by atoms with Gasteiger partial charge in [0.1, 0.15) is 18.0 Å². The summed E-state index contributed by atoms with van der Waals surface area (Å²) in [6.07, 6.45) is 6.37. The van der Waals surface area contributed by atoms with Crippen LogP contribution >= 0.6 is 11.3 Å². The normalized spacial score (nSPS) is 36.5. The van der Waals surface area contributed by atoms with E-state index in [4.69, 9.17) is 9.47 Å². The van der Waals surface area contributed by atoms with Gasteiger partial charge in [0.2, 0.25) is 0 Å². The molecule has 1 saturated heterocycles. The molecular formula is C27H39NO5S. The number of esters is 1. The Morgan fingerprint density at radius 3 is 2.56 bits per heavy atom. The molecule has 3 aliphatic rings. The fourth-order valence-corrected chi connectivity index (χ4v) is 5.49. The smallest absolute Gasteiger partial charge is 0.306 e. The SMILES string of the molecule is C/C(=C\c1csc(C)n1)[C@H]1OC(=O)CCC(C)(C)C(=O)C(C)C(O)C(C)/C=C/C[C@]2(C)CC1O2. The maximum atomic E-state index is 13.1. The number of ketones is 1. The van der Waals surface area contributed by atoms with Crippen LogP contribution in [0.2, 0.25) is 0 Å². The molecule has 7 heteroatoms. The van der Waals surface area contributed by atoms with E-state index in [1.54, 1.807) is 18.3 Å². The predicted octanol–water partition coefficient (Wildman–Crippen LogP) is 5.28. The summed E-state index contributed by atoms with van der Waals surface area (Å²) >= 11 is 1.58. The number of ether oxygens (including phenoxy) is 2. The van der Waals surface area contributed by atoms with Gasteiger partial charge >= 0.3 is 5.97 Å². The number of nitrogens with zero attached hydrogens (tertiary/aromatic N) is 1. The van der Waals surface area contributed by atoms with Crippen molar-refractivity contribution in [2.75, 3.05) is 0 Å². The monoisotopic (exact) mass is 489 g/mol. The molecule has 188 valence electrons. The number of fused-ring (bicyclic) bond motifs is 11. The Morgan fingerprint density at radius 2 is 1.94 bits per heavy atom. The minimum Gasteiger partial charge on any atom is -0.455 e. The maximum Gasteiger partial charge on any atom is 0.306 e. The first-order valence-corrected chi connectivity index (χ1v) is 13.1. The lowest BCUT2D eigenvalue weighted by molar-refractivity contribution is -0.228. The number of aliphatic hydroxyl groups excluding tert-OH is 1. The van der Waals surface area contributed by atoms with Gasteiger partial charge in [0, 0.05) is 35.5 Å². The van der Waals surface area contributed by atoms with Crippen LogP contribution in [0.1, 0.15) is 77.9 Å². The second kappa shape index (κ2) is 10.4. The molecule has 4 rings (SSSR count). The van der Waals surface area contributed by atoms with E-state index >= 15 is 0 Å². The van der Waals surface area contributed by atoms with Crippen molar-refractivity contribution >= 4 is 29.2 Å². The summed E-state index contributed by atoms with van der Waals surface area (Å²) in [5.41, 5.74) is 0.642. The zero-order chi connectivity index (χ0) is 25.3. The summed E-state index contributed by atoms with van der Waals surface area (Å²) in [6.45, 7) is 13.3. The number of aromatic nitrogens is 1. The van der Waals surface area contributed by atoms with Gasteiger partial charge in [0.15, 0.2) is 0 Å². The molecule has 1 aromatic rings. The molecule has 6 nitrogen and oxygen atoms in total. The zero-order valence-corrected chi connectivity index (χ0v) is 22.3. The number of carbonyl (C=O) groups is 2. The minimum absolute atomic E-state index is 0.0372. The molecule has 0 aliphatic carbocycles. The molecule has 1 N–H and O–H groups in total. The number of aliphatic hydroxyl groups is 1. The average Bonchev–Trinajstić information content (AvgIpc) is 3.16. The Morgan fingerprint density at radius 1 is 1.26 bits per heavy atom. The van der Waals surface area contributed by atoms with Gasteiger partial charge in [0.05, 0.1) is 22.4 Å². The minimum atomic E-state index is -0.780. The molecule has 0 aromatic carbocycles. The third-order valence-electron chi connectivity index (χ3n) is 7.20. The van der Waals surface area contributed by atoms with Gasteiger partial charge in [-0.15, -0.1) is 11.3 Å². The van der Waals surface area contributed by atoms with Crippen molar-refractivity contribution in [2.45, 2.75) is 98.1 Å². The second-order valence-electron chi connectivity index (χ2n) is 10.9. The Balaban J connectivity index is 1.86. The van der Waals surface area contributed by atoms with Crippen LogP contribution in [0.3, 0.4) is 0 Å². The lowest BCUT2D eigenvalue weighted by atomic mass is 9.75. The van der Waals surface area contributed by atoms with Crippen molar-refractivity contribution in [3.8, 4) is 0 Å². The van der Waals surface area contributed by atoms with Gasteiger partial charge in [-0.3, -0.25) is 9.59 Å². The largest absolute Gasteiger partial charge is 0.455 e. The summed E-state index contributed by atoms with van der Waals surface area (Å²) in [7, 11) is 0. The molecular weight excluding hydrogens is 450 g/mol. The molecule has 0 spiro atoms. The van der Waals surface area contributed by atoms with E-state index in [1.165, 1.54) is 0 Å². The highest BCUT2D eigenvalue weighted by atomic mass is 32.1. The predicted molar refractivity (Wildman–Crippen MR) is 134 cm³/mol. The molecule has 4 unspecified atom stereocenters. The van der Waals surface area contributed by atoms with Crippen molar-refractivity contribution in [3.05, 3.63) is 33.8 Å². The molecule has 1 aromatic heterocycles. The van der Waals surface area contributed by atoms with Crippen LogP contribution in [0.15, 0.2) is 23.1 Å². The van der Waals surface area contributed by atoms with Crippen molar-refractivity contribution in [1.82, 2.24) is 4.98 Å². The Bertz CT molecular complexity index is 956. The molecule has 0 radical (unpaired) electrons. The van der Waals surface area contributed by atoms with Crippen LogP contribution in [0, 0.1) is 24.2 Å². The Kier molecular flexibility index (Phi) is 8.21. The summed E-state index contributed by atoms with van der Waals surface area (Å²) in [5.74, 6) is -1.08. The summed E-state index contributed by atoms with van der Waals surface area (Å²) in [5, 5.41) is 13.7. The van der Waals surface area contributed by atoms with E-state index in [9.17, 15) is 14.7 Å². The molecule has 4 heterocycles. The Labute approximate surface area is 207 Å². The number of carbonyl (C=O) groups excluding carboxylic acids is 2. The first kappa shape index (κ1) is 26.8. The van der Waals surface area contributed by atoms with Crippen molar-refractivity contribution < 1.29 is 24.2 Å². The van der Waals surface area contributed by atoms with E-state index in [-0.39, 0.29) is 35.8 Å². The van der Waals surface area contributed by atoms with Gasteiger partial charge in [-0.1, -0.05) is 39.8 Å². The summed E-state index contributed by atoms with van der Waals surface area (Å²) in [6, 6.07) is 0. The number of rotatable bonds is 2. The van der Waals surface area contributed by atoms with Crippen LogP contribution < -0.4 is 0 Å². The molecule has 6 atom stereocenters. The third kappa shape index (κ3) is 6.23. The van der Waals surface area contributed by atoms with E-state index in [1.807, 2.05) is 58.2 Å². The van der Waals surface area contributed by atoms with E-state index in [0.29, 0.717) is 12.8 Å². The zero-order valence-electron chi connectivity index (χ0n) is 21.5. The highest BCUT2D eigenvalue weighted by molar-refractivity contribution is 7.09. The second-order valence-corrected chi connectivity index (χ2v) is 12.0. The molecule has 0 amide bonds. The average molecular weight is 490 g/mol. The van der Waals surface area contributed by atoms with Gasteiger partial charge in [0.25, 0.3) is 0 Å². The molecule has 3 aliphatic heterocycles. The van der Waals surface area contributed by atoms with Crippen LogP contribution in [0.5, 0.6) is 0 Å². The van der Waals surface area contributed by atoms with Gasteiger partial charge in [-0.25, -0.2) is 4.98 Å². The van der Waals surface area contributed by atoms with Crippen molar-refractivity contribution in [1.29, 1.82) is 0 Å². The van der Waals surface area contributed by atoms with Gasteiger partial charge < -0.3 is 14.6 Å². The van der Waals surface area contributed by atoms with Gasteiger partial charge in [-0.2, -0.15) is 0 Å². The van der Waals surface area contributed by atoms with E-state index < -0.39 is 23.5 Å². The third-order valence-corrected chi connectivity index (χ3v) is 7.99. The number of Topliss-reactive ketones (excluding diaryl/α,β-unsaturated/α-hetero) is 1. The quantitative estimate of drug-likeness (QED) is 0.449. The lowest BCUT2D eigenvalue weighted by Crippen LogP contribution is -2.54. The lowest BCUT2D eigenvalue weighted by Gasteiger charge is -2.48. The highest BCUT2D eigenvalue weighted by Gasteiger charge is 2.47. The van der Waals surface area contributed by atoms with Crippen LogP contribution in [0.25, 0.3) is 6.08 Å². The van der Waals surface area contributed by atoms with Gasteiger partial charge in [-0.05, 0) is 45.3 Å². The molecule has 34 heavy (non-hydrogen) atoms. The summed E-state index contributed by atoms with van der Waals surface area (Å²) < 4.78 is 12.2. The van der Waals surface area contributed by atoms with Crippen LogP contribution in [0.4, 0.5) is 0 Å². The van der Waals surface area contributed by atoms with Crippen molar-refractivity contribution in [3.63, 3.8) is 0 Å². The first-order chi connectivity index (χ1) is 15.8. The van der Waals surface area contributed by atoms with Crippen molar-refractivity contribution in [2.24, 2.45) is 17.3 Å². The van der Waals surface area contributed by atoms with E-state index in [2.05, 4.69) is 11.9 Å². The number of thiazole rings is 1. The molecule has 0 saturated carbocycles. The summed E-state index contributed by atoms with van der Waals surface area (Å²) in [4.78, 5) is 30.5. The number of hydrogen-bond acceptors (Lipinski definition) is 7. The maximum absolute atomic E-state index is 13.1. The van der Waals surface area contributed by atoms with Crippen LogP contribution in [-0.4, -0.2) is 45.8 Å².